The van der Waals surface area contributed by atoms with Gasteiger partial charge in [-0.25, -0.2) is 0 Å². The molecule has 0 saturated carbocycles. The van der Waals surface area contributed by atoms with Gasteiger partial charge in [0.15, 0.2) is 0 Å². The highest BCUT2D eigenvalue weighted by Crippen LogP contribution is 2.12. The van der Waals surface area contributed by atoms with Crippen LogP contribution in [-0.2, 0) is 0 Å². The molecule has 0 saturated heterocycles. The lowest BCUT2D eigenvalue weighted by Crippen LogP contribution is -2.08. The summed E-state index contributed by atoms with van der Waals surface area (Å²) in [7, 11) is 0. The summed E-state index contributed by atoms with van der Waals surface area (Å²) < 4.78 is 0. The summed E-state index contributed by atoms with van der Waals surface area (Å²) in [4.78, 5) is 0. The highest BCUT2D eigenvalue weighted by molar-refractivity contribution is 5.35. The third-order valence-electron chi connectivity index (χ3n) is 1.49. The van der Waals surface area contributed by atoms with Gasteiger partial charge in [-0.15, -0.1) is 0 Å². The summed E-state index contributed by atoms with van der Waals surface area (Å²) in [5.74, 6) is 0. The second-order valence-electron chi connectivity index (χ2n) is 2.10. The zero-order valence-corrected chi connectivity index (χ0v) is 5.93. The summed E-state index contributed by atoms with van der Waals surface area (Å²) in [5, 5.41) is 3.08. The average Bonchev–Trinajstić information content (AvgIpc) is 2.04. The lowest BCUT2D eigenvalue weighted by Gasteiger charge is -2.11. The van der Waals surface area contributed by atoms with E-state index in [-0.39, 0.29) is 0 Å². The summed E-state index contributed by atoms with van der Waals surface area (Å²) in [6.07, 6.45) is 8.60. The minimum absolute atomic E-state index is 0.956. The van der Waals surface area contributed by atoms with Crippen LogP contribution in [0.25, 0.3) is 0 Å². The molecule has 1 heterocycles. The van der Waals surface area contributed by atoms with Crippen molar-refractivity contribution in [3.63, 3.8) is 0 Å². The van der Waals surface area contributed by atoms with E-state index in [1.165, 1.54) is 5.57 Å². The van der Waals surface area contributed by atoms with Crippen LogP contribution in [0.15, 0.2) is 48.9 Å². The number of hydrogen-bond acceptors (Lipinski definition) is 1. The van der Waals surface area contributed by atoms with E-state index in [4.69, 9.17) is 0 Å². The standard InChI is InChI=1S/C9H11N/c1-3-8-6-5-7-10-9(8)4-2/h3-5,7,10H,1-2,6H2. The van der Waals surface area contributed by atoms with E-state index >= 15 is 0 Å². The number of dihydropyridines is 1. The zero-order valence-electron chi connectivity index (χ0n) is 5.93. The van der Waals surface area contributed by atoms with Crippen LogP contribution < -0.4 is 5.32 Å². The Morgan fingerprint density at radius 3 is 2.70 bits per heavy atom. The molecule has 1 rings (SSSR count). The van der Waals surface area contributed by atoms with Gasteiger partial charge in [-0.3, -0.25) is 0 Å². The molecule has 1 aliphatic heterocycles. The Kier molecular flexibility index (Phi) is 2.11. The molecule has 0 aliphatic carbocycles. The Balaban J connectivity index is 2.85. The first-order chi connectivity index (χ1) is 4.88. The predicted octanol–water partition coefficient (Wildman–Crippen LogP) is 2.12. The molecule has 0 bridgehead atoms. The van der Waals surface area contributed by atoms with Crippen molar-refractivity contribution in [1.29, 1.82) is 0 Å². The van der Waals surface area contributed by atoms with Gasteiger partial charge >= 0.3 is 0 Å². The Labute approximate surface area is 61.4 Å². The van der Waals surface area contributed by atoms with E-state index in [0.717, 1.165) is 12.1 Å². The molecular formula is C9H11N. The van der Waals surface area contributed by atoms with E-state index in [2.05, 4.69) is 24.6 Å². The molecule has 1 nitrogen and oxygen atoms in total. The van der Waals surface area contributed by atoms with Crippen LogP contribution >= 0.6 is 0 Å². The van der Waals surface area contributed by atoms with Crippen molar-refractivity contribution in [2.75, 3.05) is 0 Å². The van der Waals surface area contributed by atoms with Crippen molar-refractivity contribution in [2.45, 2.75) is 6.42 Å². The molecular weight excluding hydrogens is 122 g/mol. The van der Waals surface area contributed by atoms with Crippen LogP contribution in [0.2, 0.25) is 0 Å². The van der Waals surface area contributed by atoms with Crippen molar-refractivity contribution in [2.24, 2.45) is 0 Å². The van der Waals surface area contributed by atoms with Crippen molar-refractivity contribution in [3.8, 4) is 0 Å². The SMILES string of the molecule is C=CC1=C(C=C)NC=CC1. The van der Waals surface area contributed by atoms with Crippen molar-refractivity contribution in [3.05, 3.63) is 48.9 Å². The fourth-order valence-corrected chi connectivity index (χ4v) is 0.921. The zero-order chi connectivity index (χ0) is 7.40. The number of nitrogens with one attached hydrogen (secondary N) is 1. The van der Waals surface area contributed by atoms with Gasteiger partial charge in [0.2, 0.25) is 0 Å². The first-order valence-corrected chi connectivity index (χ1v) is 3.28. The number of rotatable bonds is 2. The number of hydrogen-bond donors (Lipinski definition) is 1. The molecule has 0 radical (unpaired) electrons. The predicted molar refractivity (Wildman–Crippen MR) is 44.3 cm³/mol. The van der Waals surface area contributed by atoms with Gasteiger partial charge < -0.3 is 5.32 Å². The Morgan fingerprint density at radius 2 is 2.20 bits per heavy atom. The maximum Gasteiger partial charge on any atom is 0.0409 e. The average molecular weight is 133 g/mol. The quantitative estimate of drug-likeness (QED) is 0.608. The maximum absolute atomic E-state index is 3.70. The molecule has 0 unspecified atom stereocenters. The molecule has 1 aliphatic rings. The van der Waals surface area contributed by atoms with Crippen LogP contribution in [0, 0.1) is 0 Å². The van der Waals surface area contributed by atoms with Gasteiger partial charge in [-0.1, -0.05) is 25.3 Å². The Morgan fingerprint density at radius 1 is 1.40 bits per heavy atom. The second-order valence-corrected chi connectivity index (χ2v) is 2.10. The molecule has 52 valence electrons. The molecule has 0 aromatic carbocycles. The van der Waals surface area contributed by atoms with Crippen LogP contribution in [0.4, 0.5) is 0 Å². The molecule has 0 aromatic heterocycles. The fraction of sp³-hybridized carbons (Fsp3) is 0.111. The lowest BCUT2D eigenvalue weighted by atomic mass is 10.1. The first kappa shape index (κ1) is 6.87. The molecule has 1 N–H and O–H groups in total. The molecule has 10 heavy (non-hydrogen) atoms. The molecule has 0 spiro atoms. The normalized spacial score (nSPS) is 16.4. The highest BCUT2D eigenvalue weighted by atomic mass is 14.9. The largest absolute Gasteiger partial charge is 0.362 e. The Bertz CT molecular complexity index is 187. The third-order valence-corrected chi connectivity index (χ3v) is 1.49. The fourth-order valence-electron chi connectivity index (χ4n) is 0.921. The van der Waals surface area contributed by atoms with Gasteiger partial charge in [-0.2, -0.15) is 0 Å². The molecule has 0 amide bonds. The van der Waals surface area contributed by atoms with Crippen LogP contribution in [0.1, 0.15) is 6.42 Å². The van der Waals surface area contributed by atoms with Gasteiger partial charge in [0.25, 0.3) is 0 Å². The lowest BCUT2D eigenvalue weighted by molar-refractivity contribution is 1.01. The number of allylic oxidation sites excluding steroid dienone is 4. The van der Waals surface area contributed by atoms with Crippen LogP contribution in [0.3, 0.4) is 0 Å². The van der Waals surface area contributed by atoms with E-state index < -0.39 is 0 Å². The minimum Gasteiger partial charge on any atom is -0.362 e. The topological polar surface area (TPSA) is 12.0 Å². The van der Waals surface area contributed by atoms with Gasteiger partial charge in [0.05, 0.1) is 0 Å². The minimum atomic E-state index is 0.956. The molecule has 0 atom stereocenters. The molecule has 1 heteroatoms. The molecule has 0 fully saturated rings. The van der Waals surface area contributed by atoms with Gasteiger partial charge in [0.1, 0.15) is 0 Å². The van der Waals surface area contributed by atoms with E-state index in [9.17, 15) is 0 Å². The van der Waals surface area contributed by atoms with Crippen molar-refractivity contribution in [1.82, 2.24) is 5.32 Å². The van der Waals surface area contributed by atoms with E-state index in [1.54, 1.807) is 6.08 Å². The summed E-state index contributed by atoms with van der Waals surface area (Å²) in [5.41, 5.74) is 2.27. The monoisotopic (exact) mass is 133 g/mol. The maximum atomic E-state index is 3.70. The smallest absolute Gasteiger partial charge is 0.0409 e. The van der Waals surface area contributed by atoms with Gasteiger partial charge in [0, 0.05) is 5.70 Å². The summed E-state index contributed by atoms with van der Waals surface area (Å²) in [6, 6.07) is 0. The molecule has 0 aromatic rings. The van der Waals surface area contributed by atoms with E-state index in [0.29, 0.717) is 0 Å². The van der Waals surface area contributed by atoms with E-state index in [1.807, 2.05) is 12.3 Å². The van der Waals surface area contributed by atoms with Crippen LogP contribution in [-0.4, -0.2) is 0 Å². The first-order valence-electron chi connectivity index (χ1n) is 3.28. The third kappa shape index (κ3) is 1.18. The van der Waals surface area contributed by atoms with Gasteiger partial charge in [-0.05, 0) is 24.3 Å². The van der Waals surface area contributed by atoms with Crippen LogP contribution in [0.5, 0.6) is 0 Å². The van der Waals surface area contributed by atoms with Crippen molar-refractivity contribution < 1.29 is 0 Å². The Hall–Kier alpha value is -1.24. The second kappa shape index (κ2) is 3.06. The van der Waals surface area contributed by atoms with Crippen molar-refractivity contribution >= 4 is 0 Å². The summed E-state index contributed by atoms with van der Waals surface area (Å²) in [6.45, 7) is 7.38. The highest BCUT2D eigenvalue weighted by Gasteiger charge is 1.99. The summed E-state index contributed by atoms with van der Waals surface area (Å²) >= 11 is 0.